The zero-order valence-corrected chi connectivity index (χ0v) is 10.9. The molecule has 0 radical (unpaired) electrons. The highest BCUT2D eigenvalue weighted by atomic mass is 19.2. The fourth-order valence-electron chi connectivity index (χ4n) is 2.00. The van der Waals surface area contributed by atoms with E-state index in [4.69, 9.17) is 0 Å². The van der Waals surface area contributed by atoms with Crippen molar-refractivity contribution in [2.45, 2.75) is 25.9 Å². The van der Waals surface area contributed by atoms with Gasteiger partial charge < -0.3 is 5.32 Å². The van der Waals surface area contributed by atoms with Crippen molar-refractivity contribution in [2.24, 2.45) is 0 Å². The minimum Gasteiger partial charge on any atom is -0.304 e. The predicted molar refractivity (Wildman–Crippen MR) is 70.6 cm³/mol. The molecule has 1 N–H and O–H groups in total. The van der Waals surface area contributed by atoms with Crippen LogP contribution in [0.3, 0.4) is 0 Å². The number of nitrogens with zero attached hydrogens (tertiary/aromatic N) is 1. The molecule has 19 heavy (non-hydrogen) atoms. The molecule has 4 heteroatoms. The molecule has 1 aromatic heterocycles. The third-order valence-electron chi connectivity index (χ3n) is 3.15. The van der Waals surface area contributed by atoms with Crippen molar-refractivity contribution in [3.8, 4) is 0 Å². The summed E-state index contributed by atoms with van der Waals surface area (Å²) in [7, 11) is 0. The lowest BCUT2D eigenvalue weighted by Crippen LogP contribution is -2.22. The van der Waals surface area contributed by atoms with Gasteiger partial charge in [-0.15, -0.1) is 0 Å². The van der Waals surface area contributed by atoms with Crippen LogP contribution in [-0.4, -0.2) is 4.98 Å². The van der Waals surface area contributed by atoms with Crippen LogP contribution >= 0.6 is 0 Å². The Hall–Kier alpha value is -1.81. The molecule has 0 aliphatic rings. The van der Waals surface area contributed by atoms with E-state index in [0.717, 1.165) is 17.2 Å². The van der Waals surface area contributed by atoms with Crippen molar-refractivity contribution in [1.29, 1.82) is 0 Å². The van der Waals surface area contributed by atoms with E-state index in [1.54, 1.807) is 18.5 Å². The van der Waals surface area contributed by atoms with Gasteiger partial charge in [-0.1, -0.05) is 6.07 Å². The number of hydrogen-bond donors (Lipinski definition) is 1. The third-order valence-corrected chi connectivity index (χ3v) is 3.15. The Morgan fingerprint density at radius 1 is 0.895 bits per heavy atom. The molecular weight excluding hydrogens is 246 g/mol. The van der Waals surface area contributed by atoms with Crippen LogP contribution in [0.2, 0.25) is 0 Å². The molecule has 0 fully saturated rings. The summed E-state index contributed by atoms with van der Waals surface area (Å²) in [5.41, 5.74) is 1.82. The maximum absolute atomic E-state index is 13.2. The first-order chi connectivity index (χ1) is 9.08. The van der Waals surface area contributed by atoms with E-state index in [0.29, 0.717) is 0 Å². The van der Waals surface area contributed by atoms with Gasteiger partial charge in [0.1, 0.15) is 0 Å². The molecule has 0 aliphatic carbocycles. The van der Waals surface area contributed by atoms with E-state index >= 15 is 0 Å². The SMILES string of the molecule is CC(NC(C)c1ccc(F)c(F)c1)c1ccncc1. The first-order valence-electron chi connectivity index (χ1n) is 6.19. The van der Waals surface area contributed by atoms with Crippen LogP contribution in [0, 0.1) is 11.6 Å². The van der Waals surface area contributed by atoms with E-state index in [-0.39, 0.29) is 12.1 Å². The Morgan fingerprint density at radius 2 is 1.53 bits per heavy atom. The van der Waals surface area contributed by atoms with Crippen molar-refractivity contribution < 1.29 is 8.78 Å². The highest BCUT2D eigenvalue weighted by Crippen LogP contribution is 2.20. The first-order valence-corrected chi connectivity index (χ1v) is 6.19. The lowest BCUT2D eigenvalue weighted by Gasteiger charge is -2.20. The van der Waals surface area contributed by atoms with Gasteiger partial charge in [0.25, 0.3) is 0 Å². The Balaban J connectivity index is 2.08. The quantitative estimate of drug-likeness (QED) is 0.907. The second-order valence-electron chi connectivity index (χ2n) is 4.56. The summed E-state index contributed by atoms with van der Waals surface area (Å²) in [5.74, 6) is -1.64. The van der Waals surface area contributed by atoms with Crippen molar-refractivity contribution in [2.75, 3.05) is 0 Å². The smallest absolute Gasteiger partial charge is 0.159 e. The fraction of sp³-hybridized carbons (Fsp3) is 0.267. The summed E-state index contributed by atoms with van der Waals surface area (Å²) in [6.07, 6.45) is 3.46. The molecule has 0 spiro atoms. The predicted octanol–water partition coefficient (Wildman–Crippen LogP) is 3.77. The van der Waals surface area contributed by atoms with Crippen LogP contribution in [0.1, 0.15) is 37.1 Å². The Kier molecular flexibility index (Phi) is 4.22. The summed E-state index contributed by atoms with van der Waals surface area (Å²) in [5, 5.41) is 3.34. The molecule has 0 saturated heterocycles. The molecule has 0 aliphatic heterocycles. The summed E-state index contributed by atoms with van der Waals surface area (Å²) in [6, 6.07) is 7.86. The number of aromatic nitrogens is 1. The fourth-order valence-corrected chi connectivity index (χ4v) is 2.00. The molecule has 0 amide bonds. The van der Waals surface area contributed by atoms with Gasteiger partial charge in [-0.2, -0.15) is 0 Å². The van der Waals surface area contributed by atoms with Crippen molar-refractivity contribution in [1.82, 2.24) is 10.3 Å². The number of benzene rings is 1. The highest BCUT2D eigenvalue weighted by Gasteiger charge is 2.12. The number of pyridine rings is 1. The molecule has 2 unspecified atom stereocenters. The molecule has 100 valence electrons. The lowest BCUT2D eigenvalue weighted by atomic mass is 10.0. The minimum absolute atomic E-state index is 0.0711. The molecule has 0 bridgehead atoms. The minimum atomic E-state index is -0.821. The third kappa shape index (κ3) is 3.35. The second-order valence-corrected chi connectivity index (χ2v) is 4.56. The van der Waals surface area contributed by atoms with Gasteiger partial charge in [0.05, 0.1) is 0 Å². The number of nitrogens with one attached hydrogen (secondary N) is 1. The van der Waals surface area contributed by atoms with E-state index in [1.807, 2.05) is 26.0 Å². The highest BCUT2D eigenvalue weighted by molar-refractivity contribution is 5.22. The Labute approximate surface area is 111 Å². The molecule has 2 atom stereocenters. The second kappa shape index (κ2) is 5.89. The summed E-state index contributed by atoms with van der Waals surface area (Å²) < 4.78 is 26.1. The number of rotatable bonds is 4. The van der Waals surface area contributed by atoms with E-state index < -0.39 is 11.6 Å². The van der Waals surface area contributed by atoms with Gasteiger partial charge in [-0.25, -0.2) is 8.78 Å². The summed E-state index contributed by atoms with van der Waals surface area (Å²) in [6.45, 7) is 3.94. The van der Waals surface area contributed by atoms with Crippen molar-refractivity contribution in [3.05, 3.63) is 65.5 Å². The van der Waals surface area contributed by atoms with Crippen LogP contribution in [-0.2, 0) is 0 Å². The standard InChI is InChI=1S/C15H16F2N2/c1-10(12-5-7-18-8-6-12)19-11(2)13-3-4-14(16)15(17)9-13/h3-11,19H,1-2H3. The van der Waals surface area contributed by atoms with Gasteiger partial charge in [0.15, 0.2) is 11.6 Å². The van der Waals surface area contributed by atoms with Gasteiger partial charge >= 0.3 is 0 Å². The summed E-state index contributed by atoms with van der Waals surface area (Å²) >= 11 is 0. The van der Waals surface area contributed by atoms with Crippen LogP contribution in [0.5, 0.6) is 0 Å². The van der Waals surface area contributed by atoms with Crippen LogP contribution < -0.4 is 5.32 Å². The van der Waals surface area contributed by atoms with Crippen LogP contribution in [0.4, 0.5) is 8.78 Å². The lowest BCUT2D eigenvalue weighted by molar-refractivity contribution is 0.480. The monoisotopic (exact) mass is 262 g/mol. The summed E-state index contributed by atoms with van der Waals surface area (Å²) in [4.78, 5) is 3.97. The molecule has 1 heterocycles. The first kappa shape index (κ1) is 13.6. The van der Waals surface area contributed by atoms with E-state index in [2.05, 4.69) is 10.3 Å². The molecule has 1 aromatic carbocycles. The van der Waals surface area contributed by atoms with Gasteiger partial charge in [-0.05, 0) is 49.2 Å². The maximum atomic E-state index is 13.2. The van der Waals surface area contributed by atoms with Crippen LogP contribution in [0.25, 0.3) is 0 Å². The van der Waals surface area contributed by atoms with Gasteiger partial charge in [-0.3, -0.25) is 4.98 Å². The number of halogens is 2. The van der Waals surface area contributed by atoms with Crippen molar-refractivity contribution in [3.63, 3.8) is 0 Å². The Morgan fingerprint density at radius 3 is 2.16 bits per heavy atom. The van der Waals surface area contributed by atoms with Gasteiger partial charge in [0.2, 0.25) is 0 Å². The average molecular weight is 262 g/mol. The molecule has 2 rings (SSSR count). The Bertz CT molecular complexity index is 543. The van der Waals surface area contributed by atoms with Crippen LogP contribution in [0.15, 0.2) is 42.7 Å². The zero-order chi connectivity index (χ0) is 13.8. The number of hydrogen-bond acceptors (Lipinski definition) is 2. The van der Waals surface area contributed by atoms with Gasteiger partial charge in [0, 0.05) is 24.5 Å². The van der Waals surface area contributed by atoms with E-state index in [9.17, 15) is 8.78 Å². The molecule has 0 saturated carbocycles. The molecule has 2 aromatic rings. The van der Waals surface area contributed by atoms with Crippen molar-refractivity contribution >= 4 is 0 Å². The zero-order valence-electron chi connectivity index (χ0n) is 10.9. The topological polar surface area (TPSA) is 24.9 Å². The molecular formula is C15H16F2N2. The van der Waals surface area contributed by atoms with E-state index in [1.165, 1.54) is 6.07 Å². The average Bonchev–Trinajstić information content (AvgIpc) is 2.42. The largest absolute Gasteiger partial charge is 0.304 e. The normalized spacial score (nSPS) is 14.1. The molecule has 2 nitrogen and oxygen atoms in total. The maximum Gasteiger partial charge on any atom is 0.159 e.